The topological polar surface area (TPSA) is 72.5 Å². The fourth-order valence-electron chi connectivity index (χ4n) is 3.10. The van der Waals surface area contributed by atoms with Crippen molar-refractivity contribution in [1.29, 1.82) is 0 Å². The number of ether oxygens (including phenoxy) is 1. The Hall–Kier alpha value is -0.880. The summed E-state index contributed by atoms with van der Waals surface area (Å²) in [6, 6.07) is 0. The number of carbonyl (C=O) groups is 1. The van der Waals surface area contributed by atoms with E-state index in [-0.39, 0.29) is 0 Å². The first-order chi connectivity index (χ1) is 9.54. The molecule has 0 heterocycles. The summed E-state index contributed by atoms with van der Waals surface area (Å²) in [5, 5.41) is -0.630. The standard InChI is InChI=1S/C14H23NO4S/c1-19-14(16)12-8-5-9-13(12)20(17,18)15-10-11-6-3-2-4-7-11/h2-3,11-13,15H,4-10H2,1H3. The van der Waals surface area contributed by atoms with Crippen LogP contribution in [0.4, 0.5) is 0 Å². The molecule has 2 rings (SSSR count). The summed E-state index contributed by atoms with van der Waals surface area (Å²) in [5.41, 5.74) is 0. The van der Waals surface area contributed by atoms with Crippen molar-refractivity contribution in [2.75, 3.05) is 13.7 Å². The molecule has 0 bridgehead atoms. The number of rotatable bonds is 5. The van der Waals surface area contributed by atoms with Crippen LogP contribution in [0.15, 0.2) is 12.2 Å². The minimum atomic E-state index is -3.44. The number of hydrogen-bond donors (Lipinski definition) is 1. The summed E-state index contributed by atoms with van der Waals surface area (Å²) in [6.45, 7) is 0.469. The smallest absolute Gasteiger partial charge is 0.310 e. The number of hydrogen-bond acceptors (Lipinski definition) is 4. The molecule has 5 nitrogen and oxygen atoms in total. The van der Waals surface area contributed by atoms with Crippen LogP contribution in [0.3, 0.4) is 0 Å². The average molecular weight is 301 g/mol. The van der Waals surface area contributed by atoms with Gasteiger partial charge in [-0.3, -0.25) is 4.79 Å². The largest absolute Gasteiger partial charge is 0.469 e. The molecule has 20 heavy (non-hydrogen) atoms. The van der Waals surface area contributed by atoms with E-state index < -0.39 is 27.2 Å². The number of sulfonamides is 1. The quantitative estimate of drug-likeness (QED) is 0.618. The summed E-state index contributed by atoms with van der Waals surface area (Å²) in [7, 11) is -2.13. The van der Waals surface area contributed by atoms with Gasteiger partial charge in [-0.25, -0.2) is 13.1 Å². The van der Waals surface area contributed by atoms with E-state index in [1.165, 1.54) is 7.11 Å². The predicted octanol–water partition coefficient (Wildman–Crippen LogP) is 1.60. The zero-order valence-electron chi connectivity index (χ0n) is 11.9. The van der Waals surface area contributed by atoms with Crippen LogP contribution in [-0.4, -0.2) is 33.3 Å². The van der Waals surface area contributed by atoms with E-state index >= 15 is 0 Å². The molecule has 0 radical (unpaired) electrons. The summed E-state index contributed by atoms with van der Waals surface area (Å²) in [4.78, 5) is 11.7. The zero-order chi connectivity index (χ0) is 14.6. The highest BCUT2D eigenvalue weighted by molar-refractivity contribution is 7.90. The summed E-state index contributed by atoms with van der Waals surface area (Å²) in [5.74, 6) is -0.546. The molecule has 1 fully saturated rings. The average Bonchev–Trinajstić information content (AvgIpc) is 2.96. The summed E-state index contributed by atoms with van der Waals surface area (Å²) < 4.78 is 32.2. The highest BCUT2D eigenvalue weighted by Gasteiger charge is 2.42. The number of allylic oxidation sites excluding steroid dienone is 2. The molecule has 0 aromatic rings. The lowest BCUT2D eigenvalue weighted by atomic mass is 9.95. The van der Waals surface area contributed by atoms with Gasteiger partial charge in [-0.2, -0.15) is 0 Å². The van der Waals surface area contributed by atoms with Crippen LogP contribution < -0.4 is 4.72 Å². The predicted molar refractivity (Wildman–Crippen MR) is 76.5 cm³/mol. The first kappa shape index (κ1) is 15.5. The maximum Gasteiger partial charge on any atom is 0.310 e. The number of carbonyl (C=O) groups excluding carboxylic acids is 1. The number of methoxy groups -OCH3 is 1. The van der Waals surface area contributed by atoms with Crippen LogP contribution in [0.25, 0.3) is 0 Å². The fourth-order valence-corrected chi connectivity index (χ4v) is 4.94. The van der Waals surface area contributed by atoms with Crippen molar-refractivity contribution in [3.63, 3.8) is 0 Å². The Labute approximate surface area is 120 Å². The molecule has 2 aliphatic rings. The highest BCUT2D eigenvalue weighted by Crippen LogP contribution is 2.31. The van der Waals surface area contributed by atoms with Gasteiger partial charge in [-0.05, 0) is 38.0 Å². The van der Waals surface area contributed by atoms with Crippen LogP contribution >= 0.6 is 0 Å². The first-order valence-corrected chi connectivity index (χ1v) is 8.80. The second-order valence-corrected chi connectivity index (χ2v) is 7.63. The minimum Gasteiger partial charge on any atom is -0.469 e. The van der Waals surface area contributed by atoms with Crippen LogP contribution in [-0.2, 0) is 19.6 Å². The molecule has 6 heteroatoms. The zero-order valence-corrected chi connectivity index (χ0v) is 12.7. The second kappa shape index (κ2) is 6.72. The number of esters is 1. The Balaban J connectivity index is 1.95. The van der Waals surface area contributed by atoms with Crippen molar-refractivity contribution in [2.45, 2.75) is 43.8 Å². The van der Waals surface area contributed by atoms with Crippen molar-refractivity contribution < 1.29 is 17.9 Å². The Kier molecular flexibility index (Phi) is 5.21. The van der Waals surface area contributed by atoms with Crippen molar-refractivity contribution in [3.8, 4) is 0 Å². The normalized spacial score (nSPS) is 30.4. The molecule has 0 amide bonds. The third-order valence-corrected chi connectivity index (χ3v) is 6.24. The van der Waals surface area contributed by atoms with Gasteiger partial charge in [0.25, 0.3) is 0 Å². The van der Waals surface area contributed by atoms with Gasteiger partial charge in [-0.1, -0.05) is 18.6 Å². The van der Waals surface area contributed by atoms with Crippen LogP contribution in [0.2, 0.25) is 0 Å². The van der Waals surface area contributed by atoms with Crippen LogP contribution in [0.1, 0.15) is 38.5 Å². The Bertz CT molecular complexity index is 472. The van der Waals surface area contributed by atoms with Crippen molar-refractivity contribution in [1.82, 2.24) is 4.72 Å². The van der Waals surface area contributed by atoms with E-state index in [1.54, 1.807) is 0 Å². The molecule has 0 aliphatic heterocycles. The summed E-state index contributed by atoms with van der Waals surface area (Å²) >= 11 is 0. The third kappa shape index (κ3) is 3.61. The Morgan fingerprint density at radius 2 is 2.10 bits per heavy atom. The Morgan fingerprint density at radius 1 is 1.30 bits per heavy atom. The monoisotopic (exact) mass is 301 g/mol. The molecule has 0 spiro atoms. The van der Waals surface area contributed by atoms with E-state index in [0.29, 0.717) is 25.3 Å². The van der Waals surface area contributed by atoms with Crippen LogP contribution in [0.5, 0.6) is 0 Å². The molecular weight excluding hydrogens is 278 g/mol. The third-order valence-electron chi connectivity index (χ3n) is 4.31. The van der Waals surface area contributed by atoms with Gasteiger partial charge in [0.2, 0.25) is 10.0 Å². The second-order valence-electron chi connectivity index (χ2n) is 5.64. The van der Waals surface area contributed by atoms with E-state index in [2.05, 4.69) is 16.9 Å². The van der Waals surface area contributed by atoms with Crippen molar-refractivity contribution in [3.05, 3.63) is 12.2 Å². The molecule has 1 saturated carbocycles. The lowest BCUT2D eigenvalue weighted by molar-refractivity contribution is -0.145. The van der Waals surface area contributed by atoms with Gasteiger partial charge in [-0.15, -0.1) is 0 Å². The van der Waals surface area contributed by atoms with Gasteiger partial charge in [0.15, 0.2) is 0 Å². The van der Waals surface area contributed by atoms with Gasteiger partial charge in [0, 0.05) is 6.54 Å². The highest BCUT2D eigenvalue weighted by atomic mass is 32.2. The molecule has 0 aromatic carbocycles. The lowest BCUT2D eigenvalue weighted by Crippen LogP contribution is -2.41. The molecule has 1 N–H and O–H groups in total. The molecule has 0 aromatic heterocycles. The first-order valence-electron chi connectivity index (χ1n) is 7.26. The lowest BCUT2D eigenvalue weighted by Gasteiger charge is -2.22. The minimum absolute atomic E-state index is 0.368. The van der Waals surface area contributed by atoms with E-state index in [0.717, 1.165) is 25.7 Å². The molecule has 3 unspecified atom stereocenters. The van der Waals surface area contributed by atoms with Crippen LogP contribution in [0, 0.1) is 11.8 Å². The maximum atomic E-state index is 12.4. The SMILES string of the molecule is COC(=O)C1CCCC1S(=O)(=O)NCC1CC=CCC1. The summed E-state index contributed by atoms with van der Waals surface area (Å²) in [6.07, 6.45) is 9.10. The molecule has 2 aliphatic carbocycles. The maximum absolute atomic E-state index is 12.4. The van der Waals surface area contributed by atoms with Crippen molar-refractivity contribution in [2.24, 2.45) is 11.8 Å². The van der Waals surface area contributed by atoms with Gasteiger partial charge < -0.3 is 4.74 Å². The van der Waals surface area contributed by atoms with Crippen molar-refractivity contribution >= 4 is 16.0 Å². The molecule has 3 atom stereocenters. The molecular formula is C14H23NO4S. The van der Waals surface area contributed by atoms with Gasteiger partial charge in [0.05, 0.1) is 18.3 Å². The van der Waals surface area contributed by atoms with Gasteiger partial charge in [0.1, 0.15) is 0 Å². The van der Waals surface area contributed by atoms with E-state index in [9.17, 15) is 13.2 Å². The van der Waals surface area contributed by atoms with E-state index in [4.69, 9.17) is 4.74 Å². The molecule has 0 saturated heterocycles. The van der Waals surface area contributed by atoms with Gasteiger partial charge >= 0.3 is 5.97 Å². The fraction of sp³-hybridized carbons (Fsp3) is 0.786. The molecule has 114 valence electrons. The van der Waals surface area contributed by atoms with E-state index in [1.807, 2.05) is 0 Å². The Morgan fingerprint density at radius 3 is 2.75 bits per heavy atom. The number of nitrogens with one attached hydrogen (secondary N) is 1.